The first kappa shape index (κ1) is 44.1. The molecular weight excluding hydrogens is 789 g/mol. The summed E-state index contributed by atoms with van der Waals surface area (Å²) in [7, 11) is -8.95. The van der Waals surface area contributed by atoms with Gasteiger partial charge < -0.3 is 15.3 Å². The molecule has 58 heavy (non-hydrogen) atoms. The highest BCUT2D eigenvalue weighted by Crippen LogP contribution is 2.49. The van der Waals surface area contributed by atoms with Crippen LogP contribution >= 0.6 is 0 Å². The predicted molar refractivity (Wildman–Crippen MR) is 216 cm³/mol. The molecule has 0 unspecified atom stereocenters. The average molecular weight is 840 g/mol. The lowest BCUT2D eigenvalue weighted by Gasteiger charge is -2.27. The molecule has 0 radical (unpaired) electrons. The van der Waals surface area contributed by atoms with Gasteiger partial charge in [-0.1, -0.05) is 26.3 Å². The predicted octanol–water partition coefficient (Wildman–Crippen LogP) is 5.04. The number of aliphatic carboxylic acids is 1. The fourth-order valence-corrected chi connectivity index (χ4v) is 8.86. The maximum absolute atomic E-state index is 12.5. The molecule has 3 heterocycles. The maximum atomic E-state index is 12.5. The number of nitrogens with one attached hydrogen (secondary N) is 1. The number of nitrogens with zero attached hydrogens (tertiary/aromatic N) is 3. The molecule has 5 rings (SSSR count). The minimum atomic E-state index is -4.48. The lowest BCUT2D eigenvalue weighted by molar-refractivity contribution is -0.438. The zero-order valence-corrected chi connectivity index (χ0v) is 34.7. The van der Waals surface area contributed by atoms with Crippen LogP contribution in [0.4, 0.5) is 11.4 Å². The highest BCUT2D eigenvalue weighted by Gasteiger charge is 2.45. The van der Waals surface area contributed by atoms with Crippen molar-refractivity contribution in [1.82, 2.24) is 10.2 Å². The number of carboxylic acid groups (broad SMARTS) is 1. The van der Waals surface area contributed by atoms with Crippen LogP contribution in [0.5, 0.6) is 0 Å². The lowest BCUT2D eigenvalue weighted by Crippen LogP contribution is -2.38. The number of carbonyl (C=O) groups excluding carboxylic acids is 3. The van der Waals surface area contributed by atoms with Gasteiger partial charge in [-0.25, -0.2) is 0 Å². The van der Waals surface area contributed by atoms with Gasteiger partial charge in [0, 0.05) is 85.6 Å². The van der Waals surface area contributed by atoms with E-state index in [2.05, 4.69) is 14.8 Å². The van der Waals surface area contributed by atoms with Crippen molar-refractivity contribution >= 4 is 61.0 Å². The average Bonchev–Trinajstić information content (AvgIpc) is 3.65. The minimum Gasteiger partial charge on any atom is -0.481 e. The summed E-state index contributed by atoms with van der Waals surface area (Å²) in [6, 6.07) is 9.03. The number of rotatable bonds is 19. The monoisotopic (exact) mass is 839 g/mol. The molecule has 0 saturated heterocycles. The smallest absolute Gasteiger partial charge is 0.303 e. The number of amides is 3. The topological polar surface area (TPSA) is 219 Å². The van der Waals surface area contributed by atoms with E-state index in [9.17, 15) is 45.1 Å². The second kappa shape index (κ2) is 17.5. The molecule has 3 aliphatic rings. The van der Waals surface area contributed by atoms with Crippen molar-refractivity contribution in [3.63, 3.8) is 0 Å². The Balaban J connectivity index is 1.38. The van der Waals surface area contributed by atoms with Crippen molar-refractivity contribution in [2.75, 3.05) is 31.1 Å². The fourth-order valence-electron chi connectivity index (χ4n) is 7.84. The summed E-state index contributed by atoms with van der Waals surface area (Å²) < 4.78 is 70.3. The Morgan fingerprint density at radius 2 is 1.36 bits per heavy atom. The Kier molecular flexibility index (Phi) is 13.3. The Labute approximate surface area is 339 Å². The molecule has 0 aromatic heterocycles. The van der Waals surface area contributed by atoms with Crippen LogP contribution in [0, 0.1) is 0 Å². The summed E-state index contributed by atoms with van der Waals surface area (Å²) in [5.41, 5.74) is 3.26. The van der Waals surface area contributed by atoms with Crippen molar-refractivity contribution in [3.8, 4) is 0 Å². The van der Waals surface area contributed by atoms with Crippen LogP contribution < -0.4 is 10.2 Å². The number of anilines is 1. The molecule has 312 valence electrons. The van der Waals surface area contributed by atoms with E-state index in [1.165, 1.54) is 36.4 Å². The molecule has 0 aliphatic carbocycles. The third-order valence-electron chi connectivity index (χ3n) is 10.9. The third-order valence-corrected chi connectivity index (χ3v) is 12.6. The van der Waals surface area contributed by atoms with Crippen LogP contribution in [-0.2, 0) is 50.2 Å². The molecule has 4 N–H and O–H groups in total. The van der Waals surface area contributed by atoms with Crippen molar-refractivity contribution in [1.29, 1.82) is 0 Å². The van der Waals surface area contributed by atoms with Gasteiger partial charge in [-0.15, -0.1) is 0 Å². The number of unbranched alkanes of at least 4 members (excludes halogenated alkanes) is 4. The highest BCUT2D eigenvalue weighted by molar-refractivity contribution is 7.86. The van der Waals surface area contributed by atoms with Gasteiger partial charge in [-0.2, -0.15) is 21.4 Å². The van der Waals surface area contributed by atoms with E-state index in [4.69, 9.17) is 5.11 Å². The van der Waals surface area contributed by atoms with Crippen molar-refractivity contribution in [2.45, 2.75) is 99.7 Å². The SMILES string of the molecule is CC1(C)C(=CC=CC2=[N+](CCCCCC(=O)NCCN3C(=O)C=CC3=O)c3ccc(S(=O)(=O)O)cc3C2(C)C)N(CCCCCC(=O)O)c2ccc(S(=O)(=O)O)cc21. The van der Waals surface area contributed by atoms with E-state index < -0.39 is 48.8 Å². The Morgan fingerprint density at radius 1 is 0.759 bits per heavy atom. The van der Waals surface area contributed by atoms with E-state index in [1.807, 2.05) is 45.9 Å². The number of carbonyl (C=O) groups is 4. The van der Waals surface area contributed by atoms with Gasteiger partial charge in [0.05, 0.1) is 15.2 Å². The van der Waals surface area contributed by atoms with Crippen LogP contribution in [0.15, 0.2) is 82.3 Å². The maximum Gasteiger partial charge on any atom is 0.303 e. The molecule has 15 nitrogen and oxygen atoms in total. The molecule has 3 amide bonds. The standard InChI is InChI=1S/C41H50N4O11S2/c1-40(2)30-26-28(57(51,52)53)16-18-32(30)43(23-9-5-7-14-36(46)42-22-25-45-37(47)20-21-38(45)48)34(40)12-11-13-35-41(3,4)31-27-29(58(54,55)56)17-19-33(31)44(35)24-10-6-8-15-39(49)50/h11-13,16-21,26-27H,5-10,14-15,22-25H2,1-4H3,(H3-,42,46,49,50,51,52,53,54,55,56)/p+1. The van der Waals surface area contributed by atoms with Crippen LogP contribution in [0.3, 0.4) is 0 Å². The summed E-state index contributed by atoms with van der Waals surface area (Å²) >= 11 is 0. The van der Waals surface area contributed by atoms with E-state index in [0.717, 1.165) is 27.7 Å². The number of hydrogen-bond acceptors (Lipinski definition) is 9. The molecule has 2 aromatic rings. The van der Waals surface area contributed by atoms with Gasteiger partial charge in [-0.3, -0.25) is 33.2 Å². The van der Waals surface area contributed by atoms with Crippen molar-refractivity contribution in [3.05, 3.63) is 83.6 Å². The van der Waals surface area contributed by atoms with Crippen molar-refractivity contribution in [2.24, 2.45) is 0 Å². The number of carboxylic acids is 1. The summed E-state index contributed by atoms with van der Waals surface area (Å²) in [5.74, 6) is -1.87. The molecule has 0 fully saturated rings. The lowest BCUT2D eigenvalue weighted by atomic mass is 9.81. The number of allylic oxidation sites excluding steroid dienone is 4. The zero-order valence-electron chi connectivity index (χ0n) is 33.1. The quantitative estimate of drug-likeness (QED) is 0.0633. The Bertz CT molecular complexity index is 2320. The first-order valence-electron chi connectivity index (χ1n) is 19.2. The van der Waals surface area contributed by atoms with Gasteiger partial charge >= 0.3 is 5.97 Å². The van der Waals surface area contributed by atoms with Crippen LogP contribution in [-0.4, -0.2) is 96.1 Å². The second-order valence-corrected chi connectivity index (χ2v) is 18.5. The van der Waals surface area contributed by atoms with E-state index in [0.29, 0.717) is 62.7 Å². The van der Waals surface area contributed by atoms with Crippen LogP contribution in [0.25, 0.3) is 0 Å². The Hall–Kier alpha value is -4.97. The van der Waals surface area contributed by atoms with Crippen LogP contribution in [0.2, 0.25) is 0 Å². The van der Waals surface area contributed by atoms with Gasteiger partial charge in [0.2, 0.25) is 11.6 Å². The van der Waals surface area contributed by atoms with E-state index in [1.54, 1.807) is 12.1 Å². The summed E-state index contributed by atoms with van der Waals surface area (Å²) in [6.45, 7) is 9.16. The molecule has 17 heteroatoms. The molecule has 3 aliphatic heterocycles. The number of benzene rings is 2. The zero-order chi connectivity index (χ0) is 42.6. The van der Waals surface area contributed by atoms with Crippen molar-refractivity contribution < 1.29 is 54.8 Å². The van der Waals surface area contributed by atoms with Gasteiger partial charge in [0.15, 0.2) is 5.71 Å². The second-order valence-electron chi connectivity index (χ2n) is 15.7. The first-order valence-corrected chi connectivity index (χ1v) is 22.1. The number of fused-ring (bicyclic) bond motifs is 2. The molecule has 0 saturated carbocycles. The fraction of sp³-hybridized carbons (Fsp3) is 0.439. The summed E-state index contributed by atoms with van der Waals surface area (Å²) in [6.07, 6.45) is 12.3. The third kappa shape index (κ3) is 9.82. The molecule has 0 spiro atoms. The van der Waals surface area contributed by atoms with Crippen LogP contribution in [0.1, 0.15) is 90.2 Å². The molecule has 0 atom stereocenters. The Morgan fingerprint density at radius 3 is 2.00 bits per heavy atom. The van der Waals surface area contributed by atoms with Gasteiger partial charge in [0.1, 0.15) is 6.54 Å². The van der Waals surface area contributed by atoms with E-state index in [-0.39, 0.29) is 41.6 Å². The largest absolute Gasteiger partial charge is 0.481 e. The molecular formula is C41H51N4O11S2+. The highest BCUT2D eigenvalue weighted by atomic mass is 32.2. The minimum absolute atomic E-state index is 0.0604. The van der Waals surface area contributed by atoms with Gasteiger partial charge in [-0.05, 0) is 81.5 Å². The number of hydrogen-bond donors (Lipinski definition) is 4. The first-order chi connectivity index (χ1) is 27.1. The molecule has 2 aromatic carbocycles. The van der Waals surface area contributed by atoms with Gasteiger partial charge in [0.25, 0.3) is 32.1 Å². The summed E-state index contributed by atoms with van der Waals surface area (Å²) in [4.78, 5) is 49.7. The van der Waals surface area contributed by atoms with E-state index >= 15 is 0 Å². The number of imide groups is 1. The normalized spacial score (nSPS) is 17.9. The molecule has 0 bridgehead atoms. The summed E-state index contributed by atoms with van der Waals surface area (Å²) in [5, 5.41) is 11.8.